The van der Waals surface area contributed by atoms with E-state index in [0.717, 1.165) is 24.5 Å². The van der Waals surface area contributed by atoms with Crippen LogP contribution in [-0.2, 0) is 6.42 Å². The second kappa shape index (κ2) is 7.66. The number of methoxy groups -OCH3 is 2. The first-order valence-corrected chi connectivity index (χ1v) is 7.78. The quantitative estimate of drug-likeness (QED) is 0.871. The van der Waals surface area contributed by atoms with Crippen molar-refractivity contribution in [3.63, 3.8) is 0 Å². The summed E-state index contributed by atoms with van der Waals surface area (Å²) in [6.45, 7) is 5.81. The first-order chi connectivity index (χ1) is 10.2. The number of likely N-dealkylation sites (tertiary alicyclic amines) is 1. The fraction of sp³-hybridized carbons (Fsp3) is 0.647. The van der Waals surface area contributed by atoms with E-state index in [2.05, 4.69) is 36.3 Å². The molecule has 1 aromatic carbocycles. The summed E-state index contributed by atoms with van der Waals surface area (Å²) in [6.07, 6.45) is 2.29. The van der Waals surface area contributed by atoms with E-state index >= 15 is 0 Å². The third kappa shape index (κ3) is 4.11. The van der Waals surface area contributed by atoms with Crippen LogP contribution in [0.3, 0.4) is 0 Å². The Balaban J connectivity index is 1.89. The molecule has 1 heterocycles. The zero-order valence-electron chi connectivity index (χ0n) is 13.7. The molecule has 0 aliphatic carbocycles. The number of hydrogen-bond donors (Lipinski definition) is 1. The van der Waals surface area contributed by atoms with Crippen LogP contribution in [0, 0.1) is 5.92 Å². The molecule has 118 valence electrons. The van der Waals surface area contributed by atoms with Crippen molar-refractivity contribution in [1.82, 2.24) is 10.2 Å². The fourth-order valence-electron chi connectivity index (χ4n) is 3.19. The van der Waals surface area contributed by atoms with Crippen LogP contribution in [0.4, 0.5) is 0 Å². The maximum Gasteiger partial charge on any atom is 0.160 e. The van der Waals surface area contributed by atoms with Gasteiger partial charge in [0.1, 0.15) is 0 Å². The largest absolute Gasteiger partial charge is 0.493 e. The van der Waals surface area contributed by atoms with Crippen LogP contribution in [0.25, 0.3) is 0 Å². The van der Waals surface area contributed by atoms with Crippen molar-refractivity contribution >= 4 is 0 Å². The first kappa shape index (κ1) is 16.1. The van der Waals surface area contributed by atoms with E-state index in [9.17, 15) is 0 Å². The molecule has 1 aromatic rings. The topological polar surface area (TPSA) is 33.7 Å². The van der Waals surface area contributed by atoms with Gasteiger partial charge < -0.3 is 19.7 Å². The van der Waals surface area contributed by atoms with Crippen molar-refractivity contribution in [3.05, 3.63) is 23.8 Å². The standard InChI is InChI=1S/C17H28N2O2/c1-13-12-19(10-8-15(13)18-2)9-7-14-5-6-16(20-3)17(11-14)21-4/h5-6,11,13,15,18H,7-10,12H2,1-4H3. The maximum atomic E-state index is 5.37. The van der Waals surface area contributed by atoms with Crippen LogP contribution in [-0.4, -0.2) is 51.8 Å². The summed E-state index contributed by atoms with van der Waals surface area (Å²) in [5.74, 6) is 2.33. The predicted molar refractivity (Wildman–Crippen MR) is 86.3 cm³/mol. The maximum absolute atomic E-state index is 5.37. The summed E-state index contributed by atoms with van der Waals surface area (Å²) in [7, 11) is 5.43. The number of benzene rings is 1. The number of hydrogen-bond acceptors (Lipinski definition) is 4. The Kier molecular flexibility index (Phi) is 5.88. The molecule has 0 aromatic heterocycles. The molecule has 0 bridgehead atoms. The lowest BCUT2D eigenvalue weighted by Gasteiger charge is -2.36. The molecule has 0 amide bonds. The summed E-state index contributed by atoms with van der Waals surface area (Å²) in [5, 5.41) is 3.42. The monoisotopic (exact) mass is 292 g/mol. The smallest absolute Gasteiger partial charge is 0.160 e. The number of ether oxygens (including phenoxy) is 2. The van der Waals surface area contributed by atoms with Crippen LogP contribution in [0.2, 0.25) is 0 Å². The Morgan fingerprint density at radius 1 is 1.24 bits per heavy atom. The van der Waals surface area contributed by atoms with Gasteiger partial charge in [-0.25, -0.2) is 0 Å². The summed E-state index contributed by atoms with van der Waals surface area (Å²) in [6, 6.07) is 6.87. The highest BCUT2D eigenvalue weighted by Gasteiger charge is 2.24. The minimum atomic E-state index is 0.669. The Bertz CT molecular complexity index is 450. The van der Waals surface area contributed by atoms with Gasteiger partial charge in [0, 0.05) is 19.1 Å². The molecule has 2 atom stereocenters. The van der Waals surface area contributed by atoms with Gasteiger partial charge >= 0.3 is 0 Å². The predicted octanol–water partition coefficient (Wildman–Crippen LogP) is 2.18. The van der Waals surface area contributed by atoms with Crippen molar-refractivity contribution in [1.29, 1.82) is 0 Å². The molecule has 2 unspecified atom stereocenters. The summed E-state index contributed by atoms with van der Waals surface area (Å²) >= 11 is 0. The molecule has 1 saturated heterocycles. The Morgan fingerprint density at radius 2 is 2.00 bits per heavy atom. The molecular formula is C17H28N2O2. The molecule has 4 nitrogen and oxygen atoms in total. The van der Waals surface area contributed by atoms with Crippen molar-refractivity contribution in [2.75, 3.05) is 40.9 Å². The normalized spacial score (nSPS) is 23.0. The molecule has 1 fully saturated rings. The van der Waals surface area contributed by atoms with Crippen molar-refractivity contribution < 1.29 is 9.47 Å². The van der Waals surface area contributed by atoms with Gasteiger partial charge in [-0.15, -0.1) is 0 Å². The average Bonchev–Trinajstić information content (AvgIpc) is 2.52. The Hall–Kier alpha value is -1.26. The molecule has 0 spiro atoms. The molecular weight excluding hydrogens is 264 g/mol. The summed E-state index contributed by atoms with van der Waals surface area (Å²) in [4.78, 5) is 2.56. The van der Waals surface area contributed by atoms with Gasteiger partial charge in [0.25, 0.3) is 0 Å². The van der Waals surface area contributed by atoms with Gasteiger partial charge in [0.05, 0.1) is 14.2 Å². The SMILES string of the molecule is CNC1CCN(CCc2ccc(OC)c(OC)c2)CC1C. The first-order valence-electron chi connectivity index (χ1n) is 7.78. The third-order valence-electron chi connectivity index (χ3n) is 4.52. The minimum Gasteiger partial charge on any atom is -0.493 e. The van der Waals surface area contributed by atoms with Crippen molar-refractivity contribution in [3.8, 4) is 11.5 Å². The van der Waals surface area contributed by atoms with E-state index in [1.807, 2.05) is 6.07 Å². The molecule has 0 radical (unpaired) electrons. The molecule has 0 saturated carbocycles. The van der Waals surface area contributed by atoms with E-state index in [-0.39, 0.29) is 0 Å². The molecule has 1 N–H and O–H groups in total. The summed E-state index contributed by atoms with van der Waals surface area (Å²) in [5.41, 5.74) is 1.30. The second-order valence-electron chi connectivity index (χ2n) is 5.90. The highest BCUT2D eigenvalue weighted by Crippen LogP contribution is 2.28. The lowest BCUT2D eigenvalue weighted by atomic mass is 9.94. The minimum absolute atomic E-state index is 0.669. The second-order valence-corrected chi connectivity index (χ2v) is 5.90. The van der Waals surface area contributed by atoms with E-state index < -0.39 is 0 Å². The third-order valence-corrected chi connectivity index (χ3v) is 4.52. The van der Waals surface area contributed by atoms with Gasteiger partial charge in [-0.3, -0.25) is 0 Å². The highest BCUT2D eigenvalue weighted by atomic mass is 16.5. The Morgan fingerprint density at radius 3 is 2.62 bits per heavy atom. The number of nitrogens with zero attached hydrogens (tertiary/aromatic N) is 1. The zero-order valence-corrected chi connectivity index (χ0v) is 13.7. The Labute approximate surface area is 128 Å². The van der Waals surface area contributed by atoms with Crippen molar-refractivity contribution in [2.24, 2.45) is 5.92 Å². The number of piperidine rings is 1. The van der Waals surface area contributed by atoms with E-state index in [1.54, 1.807) is 14.2 Å². The zero-order chi connectivity index (χ0) is 15.2. The fourth-order valence-corrected chi connectivity index (χ4v) is 3.19. The molecule has 1 aliphatic rings. The number of nitrogens with one attached hydrogen (secondary N) is 1. The highest BCUT2D eigenvalue weighted by molar-refractivity contribution is 5.42. The van der Waals surface area contributed by atoms with Gasteiger partial charge in [-0.05, 0) is 50.0 Å². The van der Waals surface area contributed by atoms with Crippen LogP contribution in [0.15, 0.2) is 18.2 Å². The molecule has 21 heavy (non-hydrogen) atoms. The summed E-state index contributed by atoms with van der Waals surface area (Å²) < 4.78 is 10.6. The van der Waals surface area contributed by atoms with Crippen molar-refractivity contribution in [2.45, 2.75) is 25.8 Å². The van der Waals surface area contributed by atoms with Gasteiger partial charge in [-0.2, -0.15) is 0 Å². The molecule has 4 heteroatoms. The van der Waals surface area contributed by atoms with Crippen LogP contribution in [0.5, 0.6) is 11.5 Å². The average molecular weight is 292 g/mol. The van der Waals surface area contributed by atoms with Crippen LogP contribution >= 0.6 is 0 Å². The molecule has 2 rings (SSSR count). The van der Waals surface area contributed by atoms with Gasteiger partial charge in [0.2, 0.25) is 0 Å². The van der Waals surface area contributed by atoms with E-state index in [4.69, 9.17) is 9.47 Å². The van der Waals surface area contributed by atoms with Gasteiger partial charge in [0.15, 0.2) is 11.5 Å². The van der Waals surface area contributed by atoms with Crippen LogP contribution < -0.4 is 14.8 Å². The van der Waals surface area contributed by atoms with Crippen LogP contribution in [0.1, 0.15) is 18.9 Å². The van der Waals surface area contributed by atoms with E-state index in [0.29, 0.717) is 12.0 Å². The lowest BCUT2D eigenvalue weighted by molar-refractivity contribution is 0.153. The lowest BCUT2D eigenvalue weighted by Crippen LogP contribution is -2.47. The van der Waals surface area contributed by atoms with E-state index in [1.165, 1.54) is 25.1 Å². The van der Waals surface area contributed by atoms with Gasteiger partial charge in [-0.1, -0.05) is 13.0 Å². The molecule has 1 aliphatic heterocycles. The number of rotatable bonds is 6.